The fourth-order valence-electron chi connectivity index (χ4n) is 1.80. The summed E-state index contributed by atoms with van der Waals surface area (Å²) in [4.78, 5) is 1.11. The second kappa shape index (κ2) is 5.28. The molecule has 2 heteroatoms. The van der Waals surface area contributed by atoms with Crippen molar-refractivity contribution in [2.45, 2.75) is 25.9 Å². The quantitative estimate of drug-likeness (QED) is 0.851. The molecule has 0 radical (unpaired) electrons. The third kappa shape index (κ3) is 2.71. The molecule has 2 aromatic rings. The van der Waals surface area contributed by atoms with Gasteiger partial charge in [-0.25, -0.2) is 0 Å². The number of benzene rings is 1. The normalized spacial score (nSPS) is 12.6. The molecule has 0 aliphatic heterocycles. The van der Waals surface area contributed by atoms with Crippen molar-refractivity contribution in [2.24, 2.45) is 0 Å². The Labute approximate surface area is 100 Å². The first-order chi connectivity index (χ1) is 7.77. The largest absolute Gasteiger partial charge is 0.388 e. The molecular weight excluding hydrogens is 216 g/mol. The van der Waals surface area contributed by atoms with Gasteiger partial charge in [0.15, 0.2) is 0 Å². The summed E-state index contributed by atoms with van der Waals surface area (Å²) >= 11 is 1.64. The molecule has 1 aromatic carbocycles. The van der Waals surface area contributed by atoms with Gasteiger partial charge in [-0.15, -0.1) is 11.3 Å². The number of aliphatic hydroxyl groups is 1. The Balaban J connectivity index is 1.94. The molecule has 1 N–H and O–H groups in total. The molecule has 0 spiro atoms. The molecule has 1 unspecified atom stereocenters. The van der Waals surface area contributed by atoms with Gasteiger partial charge in [0.05, 0.1) is 6.10 Å². The maximum atomic E-state index is 10.1. The van der Waals surface area contributed by atoms with Crippen molar-refractivity contribution < 1.29 is 5.11 Å². The fraction of sp³-hybridized carbons (Fsp3) is 0.286. The summed E-state index contributed by atoms with van der Waals surface area (Å²) < 4.78 is 0. The van der Waals surface area contributed by atoms with Gasteiger partial charge in [0.25, 0.3) is 0 Å². The first-order valence-corrected chi connectivity index (χ1v) is 6.41. The Hall–Kier alpha value is -1.12. The van der Waals surface area contributed by atoms with Gasteiger partial charge in [-0.1, -0.05) is 30.3 Å². The highest BCUT2D eigenvalue weighted by Gasteiger charge is 2.11. The number of rotatable bonds is 4. The van der Waals surface area contributed by atoms with Crippen molar-refractivity contribution in [1.29, 1.82) is 0 Å². The molecule has 0 saturated carbocycles. The van der Waals surface area contributed by atoms with Gasteiger partial charge < -0.3 is 5.11 Å². The second-order valence-electron chi connectivity index (χ2n) is 4.01. The number of hydrogen-bond donors (Lipinski definition) is 1. The fourth-order valence-corrected chi connectivity index (χ4v) is 2.75. The van der Waals surface area contributed by atoms with E-state index in [-0.39, 0.29) is 6.10 Å². The Kier molecular flexibility index (Phi) is 3.75. The predicted molar refractivity (Wildman–Crippen MR) is 68.8 cm³/mol. The molecule has 0 saturated heterocycles. The van der Waals surface area contributed by atoms with E-state index in [1.807, 2.05) is 23.6 Å². The van der Waals surface area contributed by atoms with E-state index in [9.17, 15) is 5.11 Å². The Morgan fingerprint density at radius 1 is 1.19 bits per heavy atom. The average Bonchev–Trinajstić information content (AvgIpc) is 2.74. The van der Waals surface area contributed by atoms with Gasteiger partial charge in [0, 0.05) is 4.88 Å². The molecule has 0 bridgehead atoms. The molecule has 2 rings (SSSR count). The SMILES string of the molecule is Cc1ccsc1C(O)CCc1ccccc1. The molecule has 0 aliphatic carbocycles. The van der Waals surface area contributed by atoms with Crippen LogP contribution in [0.2, 0.25) is 0 Å². The van der Waals surface area contributed by atoms with Crippen molar-refractivity contribution in [2.75, 3.05) is 0 Å². The van der Waals surface area contributed by atoms with Crippen molar-refractivity contribution in [1.82, 2.24) is 0 Å². The number of aryl methyl sites for hydroxylation is 2. The van der Waals surface area contributed by atoms with Gasteiger partial charge in [0.2, 0.25) is 0 Å². The lowest BCUT2D eigenvalue weighted by molar-refractivity contribution is 0.171. The zero-order valence-corrected chi connectivity index (χ0v) is 10.2. The summed E-state index contributed by atoms with van der Waals surface area (Å²) in [5, 5.41) is 12.1. The Bertz CT molecular complexity index is 433. The average molecular weight is 232 g/mol. The van der Waals surface area contributed by atoms with Crippen LogP contribution in [0.1, 0.15) is 28.5 Å². The summed E-state index contributed by atoms with van der Waals surface area (Å²) in [6.07, 6.45) is 1.41. The second-order valence-corrected chi connectivity index (χ2v) is 4.96. The number of aliphatic hydroxyl groups excluding tert-OH is 1. The molecule has 0 fully saturated rings. The van der Waals surface area contributed by atoms with E-state index in [1.54, 1.807) is 11.3 Å². The Morgan fingerprint density at radius 2 is 1.94 bits per heavy atom. The van der Waals surface area contributed by atoms with E-state index in [1.165, 1.54) is 11.1 Å². The van der Waals surface area contributed by atoms with E-state index in [0.29, 0.717) is 0 Å². The summed E-state index contributed by atoms with van der Waals surface area (Å²) in [5.41, 5.74) is 2.49. The van der Waals surface area contributed by atoms with Crippen LogP contribution in [0.25, 0.3) is 0 Å². The maximum absolute atomic E-state index is 10.1. The topological polar surface area (TPSA) is 20.2 Å². The van der Waals surface area contributed by atoms with Gasteiger partial charge in [-0.3, -0.25) is 0 Å². The van der Waals surface area contributed by atoms with Crippen molar-refractivity contribution in [3.63, 3.8) is 0 Å². The van der Waals surface area contributed by atoms with E-state index in [0.717, 1.165) is 17.7 Å². The van der Waals surface area contributed by atoms with Crippen LogP contribution in [-0.2, 0) is 6.42 Å². The van der Waals surface area contributed by atoms with E-state index in [4.69, 9.17) is 0 Å². The minimum absolute atomic E-state index is 0.319. The number of hydrogen-bond acceptors (Lipinski definition) is 2. The lowest BCUT2D eigenvalue weighted by atomic mass is 10.0. The lowest BCUT2D eigenvalue weighted by Gasteiger charge is -2.09. The molecule has 0 aliphatic rings. The number of thiophene rings is 1. The smallest absolute Gasteiger partial charge is 0.0887 e. The Morgan fingerprint density at radius 3 is 2.56 bits per heavy atom. The van der Waals surface area contributed by atoms with Crippen LogP contribution in [0.4, 0.5) is 0 Å². The highest BCUT2D eigenvalue weighted by atomic mass is 32.1. The minimum atomic E-state index is -0.319. The summed E-state index contributed by atoms with van der Waals surface area (Å²) in [7, 11) is 0. The monoisotopic (exact) mass is 232 g/mol. The van der Waals surface area contributed by atoms with Gasteiger partial charge in [-0.2, -0.15) is 0 Å². The molecule has 16 heavy (non-hydrogen) atoms. The first kappa shape index (κ1) is 11.4. The van der Waals surface area contributed by atoms with E-state index >= 15 is 0 Å². The molecule has 1 aromatic heterocycles. The van der Waals surface area contributed by atoms with Crippen LogP contribution in [-0.4, -0.2) is 5.11 Å². The molecule has 0 amide bonds. The van der Waals surface area contributed by atoms with Crippen LogP contribution in [0.5, 0.6) is 0 Å². The highest BCUT2D eigenvalue weighted by Crippen LogP contribution is 2.27. The van der Waals surface area contributed by atoms with Crippen LogP contribution in [0.15, 0.2) is 41.8 Å². The molecule has 1 nitrogen and oxygen atoms in total. The molecule has 84 valence electrons. The van der Waals surface area contributed by atoms with Crippen molar-refractivity contribution in [3.8, 4) is 0 Å². The zero-order chi connectivity index (χ0) is 11.4. The minimum Gasteiger partial charge on any atom is -0.388 e. The zero-order valence-electron chi connectivity index (χ0n) is 9.39. The van der Waals surface area contributed by atoms with Gasteiger partial charge in [-0.05, 0) is 42.3 Å². The summed E-state index contributed by atoms with van der Waals surface area (Å²) in [6.45, 7) is 2.05. The van der Waals surface area contributed by atoms with Crippen LogP contribution in [0.3, 0.4) is 0 Å². The first-order valence-electron chi connectivity index (χ1n) is 5.53. The standard InChI is InChI=1S/C14H16OS/c1-11-9-10-16-14(11)13(15)8-7-12-5-3-2-4-6-12/h2-6,9-10,13,15H,7-8H2,1H3. The van der Waals surface area contributed by atoms with Crippen molar-refractivity contribution >= 4 is 11.3 Å². The third-order valence-corrected chi connectivity index (χ3v) is 3.87. The highest BCUT2D eigenvalue weighted by molar-refractivity contribution is 7.10. The van der Waals surface area contributed by atoms with E-state index in [2.05, 4.69) is 25.1 Å². The van der Waals surface area contributed by atoms with Crippen molar-refractivity contribution in [3.05, 3.63) is 57.8 Å². The van der Waals surface area contributed by atoms with Crippen LogP contribution in [0, 0.1) is 6.92 Å². The third-order valence-electron chi connectivity index (χ3n) is 2.75. The molecule has 1 atom stereocenters. The van der Waals surface area contributed by atoms with Crippen LogP contribution >= 0.6 is 11.3 Å². The van der Waals surface area contributed by atoms with Gasteiger partial charge in [0.1, 0.15) is 0 Å². The maximum Gasteiger partial charge on any atom is 0.0887 e. The van der Waals surface area contributed by atoms with Gasteiger partial charge >= 0.3 is 0 Å². The van der Waals surface area contributed by atoms with Crippen LogP contribution < -0.4 is 0 Å². The molecular formula is C14H16OS. The predicted octanol–water partition coefficient (Wildman–Crippen LogP) is 3.72. The summed E-state index contributed by atoms with van der Waals surface area (Å²) in [5.74, 6) is 0. The molecule has 1 heterocycles. The summed E-state index contributed by atoms with van der Waals surface area (Å²) in [6, 6.07) is 12.4. The van der Waals surface area contributed by atoms with E-state index < -0.39 is 0 Å². The lowest BCUT2D eigenvalue weighted by Crippen LogP contribution is -1.98.